The Morgan fingerprint density at radius 3 is 2.66 bits per heavy atom. The second-order valence-electron chi connectivity index (χ2n) is 10.5. The second-order valence-corrected chi connectivity index (χ2v) is 10.5. The topological polar surface area (TPSA) is 107 Å². The van der Waals surface area contributed by atoms with Crippen LogP contribution in [0, 0.1) is 31.6 Å². The van der Waals surface area contributed by atoms with Gasteiger partial charge in [-0.1, -0.05) is 25.1 Å². The van der Waals surface area contributed by atoms with Crippen LogP contribution in [0.1, 0.15) is 44.2 Å². The lowest BCUT2D eigenvalue weighted by atomic mass is 9.62. The van der Waals surface area contributed by atoms with Crippen LogP contribution in [0.5, 0.6) is 0 Å². The minimum absolute atomic E-state index is 0.0242. The van der Waals surface area contributed by atoms with Crippen LogP contribution < -0.4 is 4.90 Å². The summed E-state index contributed by atoms with van der Waals surface area (Å²) in [6, 6.07) is 4.92. The van der Waals surface area contributed by atoms with Gasteiger partial charge in [0, 0.05) is 25.4 Å². The number of fused-ring (bicyclic) bond motifs is 1. The van der Waals surface area contributed by atoms with E-state index >= 15 is 0 Å². The molecule has 1 aromatic carbocycles. The number of aliphatic carboxylic acids is 1. The molecule has 35 heavy (non-hydrogen) atoms. The highest BCUT2D eigenvalue weighted by atomic mass is 16.5. The van der Waals surface area contributed by atoms with Crippen LogP contribution >= 0.6 is 0 Å². The Labute approximate surface area is 206 Å². The van der Waals surface area contributed by atoms with Gasteiger partial charge in [0.1, 0.15) is 17.6 Å². The first kappa shape index (κ1) is 25.4. The van der Waals surface area contributed by atoms with Crippen LogP contribution in [0.15, 0.2) is 30.9 Å². The Balaban J connectivity index is 1.84. The molecule has 190 valence electrons. The van der Waals surface area contributed by atoms with Crippen LogP contribution in [0.2, 0.25) is 0 Å². The molecule has 0 aliphatic carbocycles. The van der Waals surface area contributed by atoms with Gasteiger partial charge in [-0.25, -0.2) is 0 Å². The summed E-state index contributed by atoms with van der Waals surface area (Å²) in [5.74, 6) is -3.78. The maximum atomic E-state index is 14.4. The Kier molecular flexibility index (Phi) is 6.57. The van der Waals surface area contributed by atoms with Crippen molar-refractivity contribution in [2.24, 2.45) is 17.8 Å². The van der Waals surface area contributed by atoms with Crippen molar-refractivity contribution < 1.29 is 29.3 Å². The number of hydrogen-bond acceptors (Lipinski definition) is 5. The molecule has 3 fully saturated rings. The largest absolute Gasteiger partial charge is 0.481 e. The monoisotopic (exact) mass is 484 g/mol. The number of ether oxygens (including phenoxy) is 1. The van der Waals surface area contributed by atoms with E-state index in [1.807, 2.05) is 39.0 Å². The first-order valence-corrected chi connectivity index (χ1v) is 12.4. The Bertz CT molecular complexity index is 1060. The summed E-state index contributed by atoms with van der Waals surface area (Å²) in [5, 5.41) is 19.5. The Morgan fingerprint density at radius 1 is 1.31 bits per heavy atom. The maximum Gasteiger partial charge on any atom is 0.310 e. The number of amides is 2. The van der Waals surface area contributed by atoms with Crippen molar-refractivity contribution in [3.05, 3.63) is 42.0 Å². The van der Waals surface area contributed by atoms with Crippen molar-refractivity contribution in [3.8, 4) is 0 Å². The number of carbonyl (C=O) groups excluding carboxylic acids is 2. The van der Waals surface area contributed by atoms with Gasteiger partial charge in [0.2, 0.25) is 5.91 Å². The van der Waals surface area contributed by atoms with Crippen LogP contribution in [-0.4, -0.2) is 69.8 Å². The zero-order valence-corrected chi connectivity index (χ0v) is 21.0. The molecule has 3 heterocycles. The molecule has 0 radical (unpaired) electrons. The van der Waals surface area contributed by atoms with Gasteiger partial charge in [-0.15, -0.1) is 6.58 Å². The first-order chi connectivity index (χ1) is 16.5. The van der Waals surface area contributed by atoms with Crippen molar-refractivity contribution in [3.63, 3.8) is 0 Å². The number of aliphatic hydroxyl groups excluding tert-OH is 1. The lowest BCUT2D eigenvalue weighted by Crippen LogP contribution is -2.57. The molecule has 0 aromatic heterocycles. The minimum Gasteiger partial charge on any atom is -0.481 e. The molecule has 0 saturated carbocycles. The molecule has 3 saturated heterocycles. The zero-order valence-electron chi connectivity index (χ0n) is 21.0. The van der Waals surface area contributed by atoms with Crippen LogP contribution in [0.25, 0.3) is 0 Å². The van der Waals surface area contributed by atoms with Gasteiger partial charge in [-0.05, 0) is 63.1 Å². The molecule has 1 aromatic rings. The molecule has 1 spiro atoms. The fourth-order valence-electron chi connectivity index (χ4n) is 6.62. The number of aliphatic hydroxyl groups is 1. The molecule has 2 bridgehead atoms. The van der Waals surface area contributed by atoms with Gasteiger partial charge in [-0.3, -0.25) is 14.4 Å². The van der Waals surface area contributed by atoms with E-state index in [1.54, 1.807) is 17.9 Å². The predicted molar refractivity (Wildman–Crippen MR) is 131 cm³/mol. The normalized spacial score (nSPS) is 33.2. The van der Waals surface area contributed by atoms with Crippen molar-refractivity contribution in [2.45, 2.75) is 64.2 Å². The highest BCUT2D eigenvalue weighted by Gasteiger charge is 2.80. The fourth-order valence-corrected chi connectivity index (χ4v) is 6.62. The molecule has 3 unspecified atom stereocenters. The Morgan fingerprint density at radius 2 is 2.03 bits per heavy atom. The van der Waals surface area contributed by atoms with Crippen molar-refractivity contribution in [1.29, 1.82) is 0 Å². The molecule has 8 nitrogen and oxygen atoms in total. The van der Waals surface area contributed by atoms with E-state index in [0.29, 0.717) is 19.3 Å². The van der Waals surface area contributed by atoms with Crippen molar-refractivity contribution in [2.75, 3.05) is 24.6 Å². The number of aryl methyl sites for hydroxylation is 2. The smallest absolute Gasteiger partial charge is 0.310 e. The van der Waals surface area contributed by atoms with Gasteiger partial charge >= 0.3 is 5.97 Å². The summed E-state index contributed by atoms with van der Waals surface area (Å²) in [6.07, 6.45) is 3.07. The number of carbonyl (C=O) groups is 3. The second kappa shape index (κ2) is 9.06. The van der Waals surface area contributed by atoms with Crippen LogP contribution in [-0.2, 0) is 19.1 Å². The molecule has 3 aliphatic rings. The van der Waals surface area contributed by atoms with Gasteiger partial charge in [0.05, 0.1) is 11.5 Å². The molecule has 2 N–H and O–H groups in total. The van der Waals surface area contributed by atoms with Gasteiger partial charge in [0.25, 0.3) is 5.91 Å². The van der Waals surface area contributed by atoms with E-state index in [9.17, 15) is 24.6 Å². The van der Waals surface area contributed by atoms with Gasteiger partial charge < -0.3 is 24.7 Å². The number of hydrogen-bond donors (Lipinski definition) is 2. The van der Waals surface area contributed by atoms with Crippen LogP contribution in [0.4, 0.5) is 5.69 Å². The third kappa shape index (κ3) is 3.69. The lowest BCUT2D eigenvalue weighted by molar-refractivity contribution is -0.156. The predicted octanol–water partition coefficient (Wildman–Crippen LogP) is 2.69. The van der Waals surface area contributed by atoms with Crippen molar-refractivity contribution >= 4 is 23.5 Å². The quantitative estimate of drug-likeness (QED) is 0.412. The number of benzene rings is 1. The molecule has 3 aliphatic heterocycles. The maximum absolute atomic E-state index is 14.4. The standard InChI is InChI=1S/C27H36N2O6/c1-6-11-28(19-14-16(2)9-10-17(19)3)24(32)22-27-15-18(4)26(5,35-27)21(25(33)34)20(27)23(31)29(22)12-7-8-13-30/h6,9-10,14,18,20-22,30H,1,7-8,11-13,15H2,2-5H3,(H,33,34)/t18?,20-,21-,22?,26+,27?/m0/s1. The summed E-state index contributed by atoms with van der Waals surface area (Å²) in [5.41, 5.74) is 0.415. The minimum atomic E-state index is -1.21. The third-order valence-electron chi connectivity index (χ3n) is 8.35. The van der Waals surface area contributed by atoms with E-state index in [2.05, 4.69) is 6.58 Å². The number of unbranched alkanes of at least 4 members (excludes halogenated alkanes) is 1. The first-order valence-electron chi connectivity index (χ1n) is 12.4. The summed E-state index contributed by atoms with van der Waals surface area (Å²) < 4.78 is 6.55. The Hall–Kier alpha value is -2.71. The number of anilines is 1. The highest BCUT2D eigenvalue weighted by Crippen LogP contribution is 2.65. The highest BCUT2D eigenvalue weighted by molar-refractivity contribution is 6.05. The molecule has 2 amide bonds. The summed E-state index contributed by atoms with van der Waals surface area (Å²) in [7, 11) is 0. The average molecular weight is 485 g/mol. The number of carboxylic acid groups (broad SMARTS) is 1. The lowest BCUT2D eigenvalue weighted by Gasteiger charge is -2.37. The number of carboxylic acids is 1. The van der Waals surface area contributed by atoms with E-state index in [4.69, 9.17) is 4.74 Å². The fraction of sp³-hybridized carbons (Fsp3) is 0.593. The summed E-state index contributed by atoms with van der Waals surface area (Å²) in [4.78, 5) is 43.8. The molecular formula is C27H36N2O6. The zero-order chi connectivity index (χ0) is 25.7. The van der Waals surface area contributed by atoms with Gasteiger partial charge in [-0.2, -0.15) is 0 Å². The van der Waals surface area contributed by atoms with Crippen LogP contribution in [0.3, 0.4) is 0 Å². The number of nitrogens with zero attached hydrogens (tertiary/aromatic N) is 2. The molecular weight excluding hydrogens is 448 g/mol. The van der Waals surface area contributed by atoms with E-state index in [-0.39, 0.29) is 37.4 Å². The molecule has 4 rings (SSSR count). The van der Waals surface area contributed by atoms with E-state index in [0.717, 1.165) is 16.8 Å². The molecule has 8 heteroatoms. The SMILES string of the molecule is C=CCN(C(=O)C1N(CCCCO)C(=O)[C@@H]2[C@@H](C(=O)O)[C@]3(C)OC12CC3C)c1cc(C)ccc1C. The van der Waals surface area contributed by atoms with E-state index in [1.165, 1.54) is 4.90 Å². The van der Waals surface area contributed by atoms with E-state index < -0.39 is 35.0 Å². The average Bonchev–Trinajstić information content (AvgIpc) is 3.31. The summed E-state index contributed by atoms with van der Waals surface area (Å²) >= 11 is 0. The van der Waals surface area contributed by atoms with Crippen molar-refractivity contribution in [1.82, 2.24) is 4.90 Å². The van der Waals surface area contributed by atoms with Gasteiger partial charge in [0.15, 0.2) is 0 Å². The summed E-state index contributed by atoms with van der Waals surface area (Å²) in [6.45, 7) is 11.9. The third-order valence-corrected chi connectivity index (χ3v) is 8.35. The molecule has 6 atom stereocenters. The number of rotatable bonds is 9. The number of likely N-dealkylation sites (tertiary alicyclic amines) is 1.